The van der Waals surface area contributed by atoms with Crippen LogP contribution in [0.5, 0.6) is 5.75 Å². The first kappa shape index (κ1) is 21.4. The topological polar surface area (TPSA) is 102 Å². The molecule has 0 aliphatic heterocycles. The molecular formula is C22H21ClN2O5S. The van der Waals surface area contributed by atoms with Crippen molar-refractivity contribution in [3.8, 4) is 16.3 Å². The van der Waals surface area contributed by atoms with Gasteiger partial charge >= 0.3 is 11.9 Å². The molecule has 162 valence electrons. The smallest absolute Gasteiger partial charge is 0.356 e. The number of aliphatic carboxylic acids is 1. The van der Waals surface area contributed by atoms with Crippen LogP contribution >= 0.6 is 22.9 Å². The van der Waals surface area contributed by atoms with Crippen LogP contribution in [0, 0.1) is 6.92 Å². The summed E-state index contributed by atoms with van der Waals surface area (Å²) in [7, 11) is 1.66. The molecule has 3 aromatic rings. The van der Waals surface area contributed by atoms with E-state index in [4.69, 9.17) is 16.3 Å². The number of benzene rings is 1. The van der Waals surface area contributed by atoms with Crippen molar-refractivity contribution in [2.24, 2.45) is 0 Å². The normalized spacial score (nSPS) is 12.7. The lowest BCUT2D eigenvalue weighted by atomic mass is 9.93. The number of carboxylic acid groups (broad SMARTS) is 2. The fraction of sp³-hybridized carbons (Fsp3) is 0.318. The maximum absolute atomic E-state index is 12.0. The van der Waals surface area contributed by atoms with Gasteiger partial charge < -0.3 is 14.9 Å². The van der Waals surface area contributed by atoms with Gasteiger partial charge in [-0.25, -0.2) is 4.79 Å². The quantitative estimate of drug-likeness (QED) is 0.540. The van der Waals surface area contributed by atoms with Crippen molar-refractivity contribution in [2.45, 2.75) is 39.2 Å². The summed E-state index contributed by atoms with van der Waals surface area (Å²) < 4.78 is 7.39. The van der Waals surface area contributed by atoms with Gasteiger partial charge in [0.25, 0.3) is 0 Å². The number of thiophene rings is 1. The van der Waals surface area contributed by atoms with Crippen LogP contribution in [-0.4, -0.2) is 39.0 Å². The minimum absolute atomic E-state index is 0.138. The molecule has 4 rings (SSSR count). The molecule has 9 heteroatoms. The lowest BCUT2D eigenvalue weighted by molar-refractivity contribution is -0.137. The highest BCUT2D eigenvalue weighted by Crippen LogP contribution is 2.40. The third-order valence-electron chi connectivity index (χ3n) is 5.54. The molecule has 1 aliphatic rings. The van der Waals surface area contributed by atoms with E-state index in [1.54, 1.807) is 19.2 Å². The predicted octanol–water partition coefficient (Wildman–Crippen LogP) is 4.44. The molecule has 1 aliphatic carbocycles. The molecule has 2 N–H and O–H groups in total. The Balaban J connectivity index is 1.92. The zero-order chi connectivity index (χ0) is 22.3. The standard InChI is InChI=1S/C22H21ClN2O5S/c1-11-8-12(13-4-3-5-14(13)21(11)30-2)9-15-19(22(28)29)24-25(10-18(26)27)20(15)16-6-7-17(23)31-16/h6-8H,3-5,9-10H2,1-2H3,(H,26,27)(H,28,29). The fourth-order valence-electron chi connectivity index (χ4n) is 4.43. The number of rotatable bonds is 7. The second-order valence-corrected chi connectivity index (χ2v) is 9.22. The second kappa shape index (κ2) is 8.36. The summed E-state index contributed by atoms with van der Waals surface area (Å²) in [6.45, 7) is 1.54. The van der Waals surface area contributed by atoms with Crippen molar-refractivity contribution in [1.29, 1.82) is 0 Å². The van der Waals surface area contributed by atoms with Crippen molar-refractivity contribution >= 4 is 34.9 Å². The predicted molar refractivity (Wildman–Crippen MR) is 118 cm³/mol. The molecule has 2 aromatic heterocycles. The van der Waals surface area contributed by atoms with Crippen molar-refractivity contribution in [2.75, 3.05) is 7.11 Å². The molecule has 0 saturated carbocycles. The average Bonchev–Trinajstić information content (AvgIpc) is 3.40. The number of methoxy groups -OCH3 is 1. The lowest BCUT2D eigenvalue weighted by Gasteiger charge is -2.16. The monoisotopic (exact) mass is 460 g/mol. The summed E-state index contributed by atoms with van der Waals surface area (Å²) in [6.07, 6.45) is 3.16. The molecule has 7 nitrogen and oxygen atoms in total. The highest BCUT2D eigenvalue weighted by molar-refractivity contribution is 7.19. The Morgan fingerprint density at radius 1 is 1.26 bits per heavy atom. The molecule has 0 atom stereocenters. The number of fused-ring (bicyclic) bond motifs is 1. The Morgan fingerprint density at radius 3 is 2.61 bits per heavy atom. The van der Waals surface area contributed by atoms with E-state index in [0.717, 1.165) is 36.1 Å². The first-order valence-corrected chi connectivity index (χ1v) is 11.0. The van der Waals surface area contributed by atoms with E-state index in [-0.39, 0.29) is 5.69 Å². The van der Waals surface area contributed by atoms with Gasteiger partial charge in [-0.05, 0) is 60.6 Å². The van der Waals surface area contributed by atoms with E-state index in [1.807, 2.05) is 13.0 Å². The number of ether oxygens (including phenoxy) is 1. The van der Waals surface area contributed by atoms with Gasteiger partial charge in [0.2, 0.25) is 0 Å². The molecule has 2 heterocycles. The number of aromatic carboxylic acids is 1. The van der Waals surface area contributed by atoms with Crippen molar-refractivity contribution < 1.29 is 24.5 Å². The van der Waals surface area contributed by atoms with Crippen LogP contribution < -0.4 is 4.74 Å². The Hall–Kier alpha value is -2.84. The summed E-state index contributed by atoms with van der Waals surface area (Å²) in [5, 5.41) is 23.3. The third-order valence-corrected chi connectivity index (χ3v) is 6.78. The fourth-order valence-corrected chi connectivity index (χ4v) is 5.55. The third kappa shape index (κ3) is 3.93. The SMILES string of the molecule is COc1c(C)cc(Cc2c(C(=O)O)nn(CC(=O)O)c2-c2ccc(Cl)s2)c2c1CCC2. The molecule has 0 bridgehead atoms. The summed E-state index contributed by atoms with van der Waals surface area (Å²) in [6, 6.07) is 5.51. The maximum Gasteiger partial charge on any atom is 0.356 e. The molecule has 0 spiro atoms. The van der Waals surface area contributed by atoms with Gasteiger partial charge in [-0.1, -0.05) is 17.7 Å². The van der Waals surface area contributed by atoms with Gasteiger partial charge in [-0.15, -0.1) is 11.3 Å². The van der Waals surface area contributed by atoms with Crippen LogP contribution in [0.3, 0.4) is 0 Å². The van der Waals surface area contributed by atoms with Gasteiger partial charge in [0, 0.05) is 12.0 Å². The van der Waals surface area contributed by atoms with E-state index in [1.165, 1.54) is 27.1 Å². The number of carboxylic acids is 2. The Bertz CT molecular complexity index is 1200. The largest absolute Gasteiger partial charge is 0.496 e. The van der Waals surface area contributed by atoms with Gasteiger partial charge in [-0.3, -0.25) is 9.48 Å². The molecule has 0 radical (unpaired) electrons. The molecule has 0 fully saturated rings. The van der Waals surface area contributed by atoms with Gasteiger partial charge in [-0.2, -0.15) is 5.10 Å². The number of hydrogen-bond acceptors (Lipinski definition) is 5. The molecule has 31 heavy (non-hydrogen) atoms. The minimum Gasteiger partial charge on any atom is -0.496 e. The Labute approximate surface area is 187 Å². The van der Waals surface area contributed by atoms with E-state index in [0.29, 0.717) is 26.9 Å². The molecule has 0 saturated heterocycles. The van der Waals surface area contributed by atoms with Crippen LogP contribution in [0.2, 0.25) is 4.34 Å². The first-order valence-electron chi connectivity index (χ1n) is 9.78. The van der Waals surface area contributed by atoms with Gasteiger partial charge in [0.05, 0.1) is 22.0 Å². The second-order valence-electron chi connectivity index (χ2n) is 7.51. The molecule has 0 amide bonds. The number of carbonyl (C=O) groups is 2. The first-order chi connectivity index (χ1) is 14.8. The zero-order valence-electron chi connectivity index (χ0n) is 17.1. The highest BCUT2D eigenvalue weighted by Gasteiger charge is 2.28. The van der Waals surface area contributed by atoms with Crippen LogP contribution in [0.25, 0.3) is 10.6 Å². The van der Waals surface area contributed by atoms with Gasteiger partial charge in [0.1, 0.15) is 12.3 Å². The minimum atomic E-state index is -1.19. The Kier molecular flexibility index (Phi) is 5.77. The zero-order valence-corrected chi connectivity index (χ0v) is 18.6. The van der Waals surface area contributed by atoms with Crippen molar-refractivity contribution in [3.63, 3.8) is 0 Å². The van der Waals surface area contributed by atoms with E-state index < -0.39 is 18.5 Å². The van der Waals surface area contributed by atoms with E-state index in [9.17, 15) is 19.8 Å². The summed E-state index contributed by atoms with van der Waals surface area (Å²) in [5.41, 5.74) is 5.21. The van der Waals surface area contributed by atoms with E-state index in [2.05, 4.69) is 5.10 Å². The number of hydrogen-bond donors (Lipinski definition) is 2. The maximum atomic E-state index is 12.0. The van der Waals surface area contributed by atoms with Crippen LogP contribution in [0.1, 0.15) is 44.7 Å². The summed E-state index contributed by atoms with van der Waals surface area (Å²) in [4.78, 5) is 24.1. The summed E-state index contributed by atoms with van der Waals surface area (Å²) in [5.74, 6) is -1.40. The number of halogens is 1. The molecule has 1 aromatic carbocycles. The van der Waals surface area contributed by atoms with Crippen LogP contribution in [0.15, 0.2) is 18.2 Å². The van der Waals surface area contributed by atoms with Crippen LogP contribution in [0.4, 0.5) is 0 Å². The number of nitrogens with zero attached hydrogens (tertiary/aromatic N) is 2. The van der Waals surface area contributed by atoms with Crippen molar-refractivity contribution in [3.05, 3.63) is 56.0 Å². The van der Waals surface area contributed by atoms with E-state index >= 15 is 0 Å². The summed E-state index contributed by atoms with van der Waals surface area (Å²) >= 11 is 7.39. The Morgan fingerprint density at radius 2 is 2.00 bits per heavy atom. The van der Waals surface area contributed by atoms with Crippen molar-refractivity contribution in [1.82, 2.24) is 9.78 Å². The number of aromatic nitrogens is 2. The highest BCUT2D eigenvalue weighted by atomic mass is 35.5. The molecule has 0 unspecified atom stereocenters. The number of aryl methyl sites for hydroxylation is 1. The lowest BCUT2D eigenvalue weighted by Crippen LogP contribution is -2.12. The van der Waals surface area contributed by atoms with Gasteiger partial charge in [0.15, 0.2) is 5.69 Å². The molecular weight excluding hydrogens is 440 g/mol. The average molecular weight is 461 g/mol. The van der Waals surface area contributed by atoms with Crippen LogP contribution in [-0.2, 0) is 30.6 Å².